The zero-order valence-corrected chi connectivity index (χ0v) is 10.4. The number of H-pyrrole nitrogens is 1. The van der Waals surface area contributed by atoms with Gasteiger partial charge in [0.1, 0.15) is 5.69 Å². The topological polar surface area (TPSA) is 126 Å². The molecular formula is C11H13N3O6. The van der Waals surface area contributed by atoms with Gasteiger partial charge in [-0.25, -0.2) is 0 Å². The molecule has 1 amide bonds. The second-order valence-electron chi connectivity index (χ2n) is 4.35. The number of morpholine rings is 1. The number of carboxylic acid groups (broad SMARTS) is 1. The number of hydrogen-bond donors (Lipinski definition) is 2. The highest BCUT2D eigenvalue weighted by Crippen LogP contribution is 2.18. The molecule has 0 bridgehead atoms. The lowest BCUT2D eigenvalue weighted by molar-refractivity contribution is -0.384. The van der Waals surface area contributed by atoms with E-state index in [9.17, 15) is 19.7 Å². The third-order valence-corrected chi connectivity index (χ3v) is 3.01. The lowest BCUT2D eigenvalue weighted by Gasteiger charge is -2.34. The van der Waals surface area contributed by atoms with Crippen molar-refractivity contribution in [3.05, 3.63) is 28.1 Å². The first kappa shape index (κ1) is 14.0. The summed E-state index contributed by atoms with van der Waals surface area (Å²) in [4.78, 5) is 36.9. The van der Waals surface area contributed by atoms with Crippen molar-refractivity contribution in [1.82, 2.24) is 9.88 Å². The van der Waals surface area contributed by atoms with Crippen molar-refractivity contribution in [2.24, 2.45) is 0 Å². The molecule has 9 nitrogen and oxygen atoms in total. The molecule has 1 fully saturated rings. The summed E-state index contributed by atoms with van der Waals surface area (Å²) in [5, 5.41) is 19.4. The largest absolute Gasteiger partial charge is 0.481 e. The number of rotatable bonds is 4. The molecule has 2 rings (SSSR count). The first-order valence-corrected chi connectivity index (χ1v) is 5.92. The summed E-state index contributed by atoms with van der Waals surface area (Å²) in [7, 11) is 0. The van der Waals surface area contributed by atoms with Gasteiger partial charge in [0.25, 0.3) is 11.6 Å². The van der Waals surface area contributed by atoms with E-state index < -0.39 is 22.8 Å². The third-order valence-electron chi connectivity index (χ3n) is 3.01. The number of carbonyl (C=O) groups excluding carboxylic acids is 1. The number of aromatic nitrogens is 1. The number of carboxylic acids is 1. The summed E-state index contributed by atoms with van der Waals surface area (Å²) >= 11 is 0. The Balaban J connectivity index is 2.15. The zero-order chi connectivity index (χ0) is 14.7. The summed E-state index contributed by atoms with van der Waals surface area (Å²) in [6, 6.07) is 0.561. The molecule has 1 aliphatic rings. The van der Waals surface area contributed by atoms with Crippen LogP contribution in [0.25, 0.3) is 0 Å². The summed E-state index contributed by atoms with van der Waals surface area (Å²) < 4.78 is 5.17. The van der Waals surface area contributed by atoms with Crippen molar-refractivity contribution in [2.75, 3.05) is 19.8 Å². The van der Waals surface area contributed by atoms with E-state index in [4.69, 9.17) is 9.84 Å². The van der Waals surface area contributed by atoms with Gasteiger partial charge in [-0.05, 0) is 0 Å². The molecule has 2 N–H and O–H groups in total. The molecule has 1 saturated heterocycles. The Morgan fingerprint density at radius 2 is 2.35 bits per heavy atom. The minimum atomic E-state index is -1.03. The Labute approximate surface area is 113 Å². The maximum absolute atomic E-state index is 12.3. The minimum absolute atomic E-state index is 0.0639. The summed E-state index contributed by atoms with van der Waals surface area (Å²) in [6.07, 6.45) is 0.897. The van der Waals surface area contributed by atoms with Gasteiger partial charge in [0.15, 0.2) is 0 Å². The lowest BCUT2D eigenvalue weighted by Crippen LogP contribution is -2.49. The average Bonchev–Trinajstić information content (AvgIpc) is 2.87. The van der Waals surface area contributed by atoms with Gasteiger partial charge in [0.05, 0.1) is 36.8 Å². The fourth-order valence-corrected chi connectivity index (χ4v) is 2.06. The van der Waals surface area contributed by atoms with E-state index in [1.165, 1.54) is 4.90 Å². The fourth-order valence-electron chi connectivity index (χ4n) is 2.06. The van der Waals surface area contributed by atoms with Gasteiger partial charge in [-0.2, -0.15) is 0 Å². The number of hydrogen-bond acceptors (Lipinski definition) is 5. The second kappa shape index (κ2) is 5.70. The quantitative estimate of drug-likeness (QED) is 0.602. The van der Waals surface area contributed by atoms with Crippen molar-refractivity contribution in [1.29, 1.82) is 0 Å². The molecule has 0 spiro atoms. The summed E-state index contributed by atoms with van der Waals surface area (Å²) in [5.41, 5.74) is -0.148. The van der Waals surface area contributed by atoms with Crippen molar-refractivity contribution in [3.63, 3.8) is 0 Å². The zero-order valence-electron chi connectivity index (χ0n) is 10.4. The molecule has 0 aromatic carbocycles. The number of nitrogens with zero attached hydrogens (tertiary/aromatic N) is 2. The highest BCUT2D eigenvalue weighted by molar-refractivity contribution is 5.93. The highest BCUT2D eigenvalue weighted by atomic mass is 16.6. The van der Waals surface area contributed by atoms with Crippen LogP contribution in [0.4, 0.5) is 5.69 Å². The predicted molar refractivity (Wildman–Crippen MR) is 65.3 cm³/mol. The normalized spacial score (nSPS) is 18.8. The van der Waals surface area contributed by atoms with Gasteiger partial charge >= 0.3 is 5.97 Å². The van der Waals surface area contributed by atoms with Crippen molar-refractivity contribution in [2.45, 2.75) is 12.5 Å². The molecule has 1 aliphatic heterocycles. The maximum atomic E-state index is 12.3. The van der Waals surface area contributed by atoms with Crippen LogP contribution in [0.5, 0.6) is 0 Å². The van der Waals surface area contributed by atoms with Gasteiger partial charge in [-0.15, -0.1) is 0 Å². The van der Waals surface area contributed by atoms with Crippen LogP contribution in [-0.2, 0) is 9.53 Å². The van der Waals surface area contributed by atoms with Gasteiger partial charge in [0.2, 0.25) is 0 Å². The Bertz CT molecular complexity index is 540. The highest BCUT2D eigenvalue weighted by Gasteiger charge is 2.31. The number of aliphatic carboxylic acids is 1. The molecule has 0 saturated carbocycles. The predicted octanol–water partition coefficient (Wildman–Crippen LogP) is 0.239. The Morgan fingerprint density at radius 3 is 2.95 bits per heavy atom. The maximum Gasteiger partial charge on any atom is 0.305 e. The smallest absolute Gasteiger partial charge is 0.305 e. The van der Waals surface area contributed by atoms with Crippen LogP contribution in [0.1, 0.15) is 16.9 Å². The summed E-state index contributed by atoms with van der Waals surface area (Å²) in [5.74, 6) is -1.50. The van der Waals surface area contributed by atoms with E-state index in [0.29, 0.717) is 6.61 Å². The van der Waals surface area contributed by atoms with Gasteiger partial charge in [-0.3, -0.25) is 19.7 Å². The Kier molecular flexibility index (Phi) is 3.99. The molecule has 1 aromatic rings. The molecular weight excluding hydrogens is 270 g/mol. The molecule has 2 heterocycles. The first-order chi connectivity index (χ1) is 9.49. The average molecular weight is 283 g/mol. The van der Waals surface area contributed by atoms with Crippen LogP contribution in [0.3, 0.4) is 0 Å². The molecule has 0 radical (unpaired) electrons. The molecule has 1 atom stereocenters. The number of nitrogens with one attached hydrogen (secondary N) is 1. The van der Waals surface area contributed by atoms with E-state index >= 15 is 0 Å². The molecule has 1 aromatic heterocycles. The number of nitro groups is 1. The van der Waals surface area contributed by atoms with E-state index in [1.807, 2.05) is 0 Å². The van der Waals surface area contributed by atoms with Gasteiger partial charge in [0, 0.05) is 12.6 Å². The standard InChI is InChI=1S/C11H13N3O6/c15-10(16)4-8-6-20-2-1-13(8)11(17)9-3-7(5-12-9)14(18)19/h3,5,8,12H,1-2,4,6H2,(H,15,16). The summed E-state index contributed by atoms with van der Waals surface area (Å²) in [6.45, 7) is 0.703. The van der Waals surface area contributed by atoms with E-state index in [2.05, 4.69) is 4.98 Å². The van der Waals surface area contributed by atoms with Gasteiger partial charge < -0.3 is 19.7 Å². The van der Waals surface area contributed by atoms with Crippen LogP contribution in [-0.4, -0.2) is 57.6 Å². The second-order valence-corrected chi connectivity index (χ2v) is 4.35. The number of carbonyl (C=O) groups is 2. The number of amides is 1. The van der Waals surface area contributed by atoms with E-state index in [0.717, 1.165) is 12.3 Å². The SMILES string of the molecule is O=C(O)CC1COCCN1C(=O)c1cc([N+](=O)[O-])c[nH]1. The molecule has 9 heteroatoms. The van der Waals surface area contributed by atoms with Crippen LogP contribution >= 0.6 is 0 Å². The van der Waals surface area contributed by atoms with Crippen molar-refractivity contribution < 1.29 is 24.4 Å². The number of aromatic amines is 1. The first-order valence-electron chi connectivity index (χ1n) is 5.92. The molecule has 108 valence electrons. The number of ether oxygens (including phenoxy) is 1. The Morgan fingerprint density at radius 1 is 1.60 bits per heavy atom. The minimum Gasteiger partial charge on any atom is -0.481 e. The van der Waals surface area contributed by atoms with Crippen LogP contribution in [0.15, 0.2) is 12.3 Å². The van der Waals surface area contributed by atoms with E-state index in [-0.39, 0.29) is 31.0 Å². The molecule has 0 aliphatic carbocycles. The lowest BCUT2D eigenvalue weighted by atomic mass is 10.1. The van der Waals surface area contributed by atoms with Crippen molar-refractivity contribution >= 4 is 17.6 Å². The molecule has 20 heavy (non-hydrogen) atoms. The molecule has 1 unspecified atom stereocenters. The third kappa shape index (κ3) is 2.94. The monoisotopic (exact) mass is 283 g/mol. The fraction of sp³-hybridized carbons (Fsp3) is 0.455. The van der Waals surface area contributed by atoms with E-state index in [1.54, 1.807) is 0 Å². The van der Waals surface area contributed by atoms with Gasteiger partial charge in [-0.1, -0.05) is 0 Å². The van der Waals surface area contributed by atoms with Crippen molar-refractivity contribution in [3.8, 4) is 0 Å². The van der Waals surface area contributed by atoms with Crippen LogP contribution < -0.4 is 0 Å². The van der Waals surface area contributed by atoms with Crippen LogP contribution in [0, 0.1) is 10.1 Å². The van der Waals surface area contributed by atoms with Crippen LogP contribution in [0.2, 0.25) is 0 Å². The Hall–Kier alpha value is -2.42.